The first-order valence-electron chi connectivity index (χ1n) is 6.43. The Labute approximate surface area is 111 Å². The Morgan fingerprint density at radius 2 is 1.44 bits per heavy atom. The zero-order valence-corrected chi connectivity index (χ0v) is 12.4. The van der Waals surface area contributed by atoms with Gasteiger partial charge < -0.3 is 5.73 Å². The lowest BCUT2D eigenvalue weighted by Crippen LogP contribution is -2.31. The molecule has 0 fully saturated rings. The number of rotatable bonds is 2. The van der Waals surface area contributed by atoms with E-state index in [1.807, 2.05) is 32.9 Å². The van der Waals surface area contributed by atoms with Gasteiger partial charge >= 0.3 is 0 Å². The molecule has 1 amide bonds. The molecule has 0 radical (unpaired) electrons. The van der Waals surface area contributed by atoms with Crippen LogP contribution >= 0.6 is 0 Å². The van der Waals surface area contributed by atoms with Gasteiger partial charge in [-0.15, -0.1) is 0 Å². The van der Waals surface area contributed by atoms with Gasteiger partial charge in [0.2, 0.25) is 5.91 Å². The predicted molar refractivity (Wildman–Crippen MR) is 76.5 cm³/mol. The molecule has 1 atom stereocenters. The van der Waals surface area contributed by atoms with Crippen molar-refractivity contribution in [3.05, 3.63) is 35.4 Å². The molecule has 1 unspecified atom stereocenters. The van der Waals surface area contributed by atoms with Gasteiger partial charge in [0.05, 0.1) is 5.92 Å². The van der Waals surface area contributed by atoms with Crippen LogP contribution in [0.1, 0.15) is 58.6 Å². The molecular weight excluding hydrogens is 222 g/mol. The van der Waals surface area contributed by atoms with Gasteiger partial charge in [-0.3, -0.25) is 4.79 Å². The Hall–Kier alpha value is -1.31. The molecule has 1 rings (SSSR count). The number of nitrogens with two attached hydrogens (primary N) is 1. The summed E-state index contributed by atoms with van der Waals surface area (Å²) in [6.07, 6.45) is 0. The summed E-state index contributed by atoms with van der Waals surface area (Å²) in [7, 11) is 0. The molecule has 2 nitrogen and oxygen atoms in total. The molecule has 18 heavy (non-hydrogen) atoms. The van der Waals surface area contributed by atoms with E-state index in [4.69, 9.17) is 5.73 Å². The molecule has 0 aliphatic carbocycles. The smallest absolute Gasteiger partial charge is 0.225 e. The molecule has 0 saturated heterocycles. The molecule has 1 aromatic carbocycles. The molecule has 0 heterocycles. The standard InChI is InChI=1S/C16H25NO/c1-15(2,3)12-9-7-11(8-10-12)13(14(17)18)16(4,5)6/h7-10,13H,1-6H3,(H2,17,18). The lowest BCUT2D eigenvalue weighted by atomic mass is 9.75. The number of benzene rings is 1. The van der Waals surface area contributed by atoms with Crippen LogP contribution in [-0.2, 0) is 10.2 Å². The molecule has 0 aromatic heterocycles. The van der Waals surface area contributed by atoms with Gasteiger partial charge in [0.15, 0.2) is 0 Å². The number of carbonyl (C=O) groups excluding carboxylic acids is 1. The number of amides is 1. The van der Waals surface area contributed by atoms with Gasteiger partial charge in [-0.05, 0) is 22.0 Å². The van der Waals surface area contributed by atoms with E-state index in [1.54, 1.807) is 0 Å². The lowest BCUT2D eigenvalue weighted by Gasteiger charge is -2.29. The Morgan fingerprint density at radius 1 is 1.00 bits per heavy atom. The van der Waals surface area contributed by atoms with E-state index < -0.39 is 0 Å². The van der Waals surface area contributed by atoms with Crippen molar-refractivity contribution in [2.75, 3.05) is 0 Å². The van der Waals surface area contributed by atoms with E-state index >= 15 is 0 Å². The second-order valence-corrected chi connectivity index (χ2v) is 7.07. The van der Waals surface area contributed by atoms with Crippen molar-refractivity contribution in [2.45, 2.75) is 52.9 Å². The molecule has 0 aliphatic rings. The first-order valence-corrected chi connectivity index (χ1v) is 6.43. The van der Waals surface area contributed by atoms with Crippen LogP contribution < -0.4 is 5.73 Å². The fourth-order valence-corrected chi connectivity index (χ4v) is 2.27. The van der Waals surface area contributed by atoms with Crippen LogP contribution in [0.5, 0.6) is 0 Å². The molecule has 100 valence electrons. The Morgan fingerprint density at radius 3 is 1.72 bits per heavy atom. The molecular formula is C16H25NO. The largest absolute Gasteiger partial charge is 0.369 e. The van der Waals surface area contributed by atoms with Crippen molar-refractivity contribution >= 4 is 5.91 Å². The summed E-state index contributed by atoms with van der Waals surface area (Å²) in [4.78, 5) is 11.7. The highest BCUT2D eigenvalue weighted by Crippen LogP contribution is 2.35. The second-order valence-electron chi connectivity index (χ2n) is 7.07. The van der Waals surface area contributed by atoms with E-state index in [1.165, 1.54) is 5.56 Å². The van der Waals surface area contributed by atoms with Gasteiger partial charge in [-0.2, -0.15) is 0 Å². The predicted octanol–water partition coefficient (Wildman–Crippen LogP) is 3.60. The summed E-state index contributed by atoms with van der Waals surface area (Å²) in [6, 6.07) is 8.25. The highest BCUT2D eigenvalue weighted by molar-refractivity contribution is 5.82. The first-order chi connectivity index (χ1) is 8.03. The fourth-order valence-electron chi connectivity index (χ4n) is 2.27. The fraction of sp³-hybridized carbons (Fsp3) is 0.562. The summed E-state index contributed by atoms with van der Waals surface area (Å²) < 4.78 is 0. The van der Waals surface area contributed by atoms with E-state index in [9.17, 15) is 4.79 Å². The maximum absolute atomic E-state index is 11.7. The van der Waals surface area contributed by atoms with Gasteiger partial charge in [-0.1, -0.05) is 65.8 Å². The van der Waals surface area contributed by atoms with Gasteiger partial charge in [0.1, 0.15) is 0 Å². The molecule has 1 aromatic rings. The van der Waals surface area contributed by atoms with Crippen LogP contribution in [0.4, 0.5) is 0 Å². The second kappa shape index (κ2) is 4.75. The summed E-state index contributed by atoms with van der Waals surface area (Å²) >= 11 is 0. The third-order valence-electron chi connectivity index (χ3n) is 3.26. The normalized spacial score (nSPS) is 14.3. The average molecular weight is 247 g/mol. The Bertz CT molecular complexity index is 418. The minimum Gasteiger partial charge on any atom is -0.369 e. The quantitative estimate of drug-likeness (QED) is 0.852. The van der Waals surface area contributed by atoms with Crippen molar-refractivity contribution in [2.24, 2.45) is 11.1 Å². The summed E-state index contributed by atoms with van der Waals surface area (Å²) in [5.41, 5.74) is 7.78. The van der Waals surface area contributed by atoms with Gasteiger partial charge in [0, 0.05) is 0 Å². The van der Waals surface area contributed by atoms with Crippen molar-refractivity contribution < 1.29 is 4.79 Å². The molecule has 0 spiro atoms. The SMILES string of the molecule is CC(C)(C)c1ccc(C(C(N)=O)C(C)(C)C)cc1. The first kappa shape index (κ1) is 14.7. The minimum absolute atomic E-state index is 0.127. The van der Waals surface area contributed by atoms with Crippen molar-refractivity contribution in [3.63, 3.8) is 0 Å². The molecule has 0 bridgehead atoms. The average Bonchev–Trinajstić information content (AvgIpc) is 2.13. The number of primary amides is 1. The van der Waals surface area contributed by atoms with E-state index in [0.29, 0.717) is 0 Å². The van der Waals surface area contributed by atoms with Crippen molar-refractivity contribution in [3.8, 4) is 0 Å². The van der Waals surface area contributed by atoms with E-state index in [2.05, 4.69) is 32.9 Å². The number of hydrogen-bond acceptors (Lipinski definition) is 1. The highest BCUT2D eigenvalue weighted by atomic mass is 16.1. The van der Waals surface area contributed by atoms with Gasteiger partial charge in [-0.25, -0.2) is 0 Å². The number of hydrogen-bond donors (Lipinski definition) is 1. The molecule has 0 saturated carbocycles. The van der Waals surface area contributed by atoms with Crippen molar-refractivity contribution in [1.29, 1.82) is 0 Å². The Balaban J connectivity index is 3.14. The van der Waals surface area contributed by atoms with Crippen LogP contribution in [0.3, 0.4) is 0 Å². The third kappa shape index (κ3) is 3.34. The van der Waals surface area contributed by atoms with Crippen LogP contribution in [0.15, 0.2) is 24.3 Å². The van der Waals surface area contributed by atoms with E-state index in [-0.39, 0.29) is 22.7 Å². The zero-order chi connectivity index (χ0) is 14.1. The molecule has 0 aliphatic heterocycles. The van der Waals surface area contributed by atoms with Crippen LogP contribution in [0, 0.1) is 5.41 Å². The lowest BCUT2D eigenvalue weighted by molar-refractivity contribution is -0.121. The third-order valence-corrected chi connectivity index (χ3v) is 3.26. The van der Waals surface area contributed by atoms with Crippen LogP contribution in [0.25, 0.3) is 0 Å². The van der Waals surface area contributed by atoms with Crippen LogP contribution in [-0.4, -0.2) is 5.91 Å². The van der Waals surface area contributed by atoms with Crippen LogP contribution in [0.2, 0.25) is 0 Å². The monoisotopic (exact) mass is 247 g/mol. The zero-order valence-electron chi connectivity index (χ0n) is 12.4. The summed E-state index contributed by atoms with van der Waals surface area (Å²) in [5, 5.41) is 0. The maximum atomic E-state index is 11.7. The summed E-state index contributed by atoms with van der Waals surface area (Å²) in [5.74, 6) is -0.502. The summed E-state index contributed by atoms with van der Waals surface area (Å²) in [6.45, 7) is 12.7. The minimum atomic E-state index is -0.258. The molecule has 2 N–H and O–H groups in total. The number of carbonyl (C=O) groups is 1. The highest BCUT2D eigenvalue weighted by Gasteiger charge is 2.31. The van der Waals surface area contributed by atoms with Crippen molar-refractivity contribution in [1.82, 2.24) is 0 Å². The Kier molecular flexibility index (Phi) is 3.89. The van der Waals surface area contributed by atoms with Gasteiger partial charge in [0.25, 0.3) is 0 Å². The topological polar surface area (TPSA) is 43.1 Å². The van der Waals surface area contributed by atoms with E-state index in [0.717, 1.165) is 5.56 Å². The maximum Gasteiger partial charge on any atom is 0.225 e. The molecule has 2 heteroatoms.